The van der Waals surface area contributed by atoms with Crippen molar-refractivity contribution >= 4 is 0 Å². The summed E-state index contributed by atoms with van der Waals surface area (Å²) in [5.41, 5.74) is -0.245. The molecule has 3 N–H and O–H groups in total. The van der Waals surface area contributed by atoms with Crippen LogP contribution < -0.4 is 0 Å². The largest absolute Gasteiger partial charge is 0.368 e. The van der Waals surface area contributed by atoms with Crippen molar-refractivity contribution in [2.24, 2.45) is 11.3 Å². The van der Waals surface area contributed by atoms with E-state index in [1.165, 1.54) is 0 Å². The number of aliphatic hydroxyl groups is 3. The van der Waals surface area contributed by atoms with E-state index in [1.54, 1.807) is 0 Å². The zero-order chi connectivity index (χ0) is 17.3. The van der Waals surface area contributed by atoms with Crippen molar-refractivity contribution in [1.29, 1.82) is 0 Å². The van der Waals surface area contributed by atoms with Gasteiger partial charge in [0.25, 0.3) is 0 Å². The first kappa shape index (κ1) is 20.8. The Morgan fingerprint density at radius 2 is 1.78 bits per heavy atom. The summed E-state index contributed by atoms with van der Waals surface area (Å²) in [4.78, 5) is 0. The minimum absolute atomic E-state index is 0.146. The van der Waals surface area contributed by atoms with Gasteiger partial charge in [-0.1, -0.05) is 33.6 Å². The van der Waals surface area contributed by atoms with E-state index in [2.05, 4.69) is 0 Å². The lowest BCUT2D eigenvalue weighted by molar-refractivity contribution is -0.180. The molecule has 1 saturated carbocycles. The van der Waals surface area contributed by atoms with E-state index >= 15 is 0 Å². The molecule has 3 unspecified atom stereocenters. The van der Waals surface area contributed by atoms with Crippen LogP contribution >= 0.6 is 0 Å². The van der Waals surface area contributed by atoms with Crippen LogP contribution in [0.2, 0.25) is 0 Å². The van der Waals surface area contributed by atoms with Gasteiger partial charge in [-0.05, 0) is 25.7 Å². The Morgan fingerprint density at radius 1 is 1.09 bits per heavy atom. The van der Waals surface area contributed by atoms with Crippen LogP contribution in [-0.2, 0) is 14.2 Å². The van der Waals surface area contributed by atoms with E-state index < -0.39 is 12.6 Å². The number of hydrogen-bond donors (Lipinski definition) is 3. The van der Waals surface area contributed by atoms with Crippen molar-refractivity contribution < 1.29 is 29.5 Å². The van der Waals surface area contributed by atoms with Gasteiger partial charge in [-0.2, -0.15) is 0 Å². The molecule has 3 atom stereocenters. The summed E-state index contributed by atoms with van der Waals surface area (Å²) in [6.07, 6.45) is 2.97. The fourth-order valence-electron chi connectivity index (χ4n) is 2.62. The summed E-state index contributed by atoms with van der Waals surface area (Å²) < 4.78 is 16.4. The number of hydrogen-bond acceptors (Lipinski definition) is 6. The lowest BCUT2D eigenvalue weighted by Gasteiger charge is -2.32. The molecule has 138 valence electrons. The molecule has 6 nitrogen and oxygen atoms in total. The Hall–Kier alpha value is -0.240. The Bertz CT molecular complexity index is 307. The van der Waals surface area contributed by atoms with Gasteiger partial charge in [0, 0.05) is 11.3 Å². The Kier molecular flexibility index (Phi) is 9.58. The van der Waals surface area contributed by atoms with E-state index in [-0.39, 0.29) is 24.2 Å². The Morgan fingerprint density at radius 3 is 2.43 bits per heavy atom. The molecule has 0 spiro atoms. The second-order valence-corrected chi connectivity index (χ2v) is 7.01. The molecule has 0 radical (unpaired) electrons. The number of rotatable bonds is 11. The lowest BCUT2D eigenvalue weighted by atomic mass is 9.86. The minimum atomic E-state index is -1.32. The van der Waals surface area contributed by atoms with Crippen LogP contribution in [0.25, 0.3) is 0 Å². The van der Waals surface area contributed by atoms with E-state index in [0.29, 0.717) is 19.6 Å². The quantitative estimate of drug-likeness (QED) is 0.396. The predicted molar refractivity (Wildman–Crippen MR) is 86.5 cm³/mol. The molecule has 0 aromatic heterocycles. The van der Waals surface area contributed by atoms with E-state index in [1.807, 2.05) is 20.8 Å². The van der Waals surface area contributed by atoms with Crippen LogP contribution in [0.5, 0.6) is 0 Å². The highest BCUT2D eigenvalue weighted by Crippen LogP contribution is 2.28. The summed E-state index contributed by atoms with van der Waals surface area (Å²) in [5, 5.41) is 28.6. The van der Waals surface area contributed by atoms with Gasteiger partial charge < -0.3 is 29.5 Å². The molecule has 0 amide bonds. The first-order chi connectivity index (χ1) is 10.9. The van der Waals surface area contributed by atoms with Crippen LogP contribution in [0.1, 0.15) is 59.3 Å². The van der Waals surface area contributed by atoms with E-state index in [0.717, 1.165) is 32.1 Å². The number of aliphatic hydroxyl groups excluding tert-OH is 2. The molecule has 1 aliphatic rings. The number of ether oxygens (including phenoxy) is 3. The van der Waals surface area contributed by atoms with Crippen molar-refractivity contribution in [2.75, 3.05) is 20.0 Å². The minimum Gasteiger partial charge on any atom is -0.368 e. The van der Waals surface area contributed by atoms with Crippen molar-refractivity contribution in [3.8, 4) is 0 Å². The average Bonchev–Trinajstić information content (AvgIpc) is 2.53. The van der Waals surface area contributed by atoms with Crippen LogP contribution in [0, 0.1) is 11.3 Å². The molecule has 1 aliphatic carbocycles. The smallest absolute Gasteiger partial charge is 0.159 e. The van der Waals surface area contributed by atoms with Crippen LogP contribution in [0.3, 0.4) is 0 Å². The topological polar surface area (TPSA) is 88.4 Å². The molecule has 6 heteroatoms. The third kappa shape index (κ3) is 7.45. The third-order valence-electron chi connectivity index (χ3n) is 4.79. The maximum atomic E-state index is 9.90. The monoisotopic (exact) mass is 334 g/mol. The molecule has 0 aromatic rings. The fourth-order valence-corrected chi connectivity index (χ4v) is 2.62. The molecule has 1 fully saturated rings. The third-order valence-corrected chi connectivity index (χ3v) is 4.79. The van der Waals surface area contributed by atoms with Crippen molar-refractivity contribution in [2.45, 2.75) is 78.0 Å². The van der Waals surface area contributed by atoms with Crippen LogP contribution in [0.4, 0.5) is 0 Å². The zero-order valence-corrected chi connectivity index (χ0v) is 14.7. The fraction of sp³-hybridized carbons (Fsp3) is 1.00. The molecular formula is C17H34O6. The second-order valence-electron chi connectivity index (χ2n) is 7.01. The predicted octanol–water partition coefficient (Wildman–Crippen LogP) is 2.01. The average molecular weight is 334 g/mol. The molecule has 1 rings (SSSR count). The zero-order valence-electron chi connectivity index (χ0n) is 14.7. The van der Waals surface area contributed by atoms with Gasteiger partial charge in [-0.3, -0.25) is 0 Å². The molecule has 0 aliphatic heterocycles. The van der Waals surface area contributed by atoms with E-state index in [9.17, 15) is 15.3 Å². The lowest BCUT2D eigenvalue weighted by Crippen LogP contribution is -2.36. The summed E-state index contributed by atoms with van der Waals surface area (Å²) in [5.74, 6) is -0.220. The van der Waals surface area contributed by atoms with Crippen LogP contribution in [-0.4, -0.2) is 54.0 Å². The Labute approximate surface area is 139 Å². The molecule has 23 heavy (non-hydrogen) atoms. The normalized spacial score (nSPS) is 24.1. The van der Waals surface area contributed by atoms with Crippen molar-refractivity contribution in [3.63, 3.8) is 0 Å². The van der Waals surface area contributed by atoms with E-state index in [4.69, 9.17) is 14.2 Å². The van der Waals surface area contributed by atoms with Gasteiger partial charge in [0.15, 0.2) is 12.6 Å². The van der Waals surface area contributed by atoms with Gasteiger partial charge >= 0.3 is 0 Å². The van der Waals surface area contributed by atoms with Gasteiger partial charge in [0.05, 0.1) is 19.3 Å². The standard InChI is InChI=1S/C17H34O6/c1-4-17(2,3)16(20)22-11-7-10-21-12-23-14-9-6-5-8-13(14)15(18)19/h13-16,18-20H,4-12H2,1-3H3. The van der Waals surface area contributed by atoms with Gasteiger partial charge in [-0.15, -0.1) is 0 Å². The molecule has 0 saturated heterocycles. The maximum Gasteiger partial charge on any atom is 0.159 e. The summed E-state index contributed by atoms with van der Waals surface area (Å²) in [6, 6.07) is 0. The molecule has 0 bridgehead atoms. The second kappa shape index (κ2) is 10.6. The highest BCUT2D eigenvalue weighted by atomic mass is 16.7. The van der Waals surface area contributed by atoms with Crippen molar-refractivity contribution in [1.82, 2.24) is 0 Å². The van der Waals surface area contributed by atoms with Crippen molar-refractivity contribution in [3.05, 3.63) is 0 Å². The summed E-state index contributed by atoms with van der Waals surface area (Å²) in [7, 11) is 0. The van der Waals surface area contributed by atoms with Gasteiger partial charge in [-0.25, -0.2) is 0 Å². The SMILES string of the molecule is CCC(C)(C)C(O)OCCCOCOC1CCCCC1C(O)O. The Balaban J connectivity index is 2.07. The van der Waals surface area contributed by atoms with Gasteiger partial charge in [0.1, 0.15) is 6.79 Å². The summed E-state index contributed by atoms with van der Waals surface area (Å²) >= 11 is 0. The molecule has 0 aromatic carbocycles. The summed E-state index contributed by atoms with van der Waals surface area (Å²) in [6.45, 7) is 7.03. The highest BCUT2D eigenvalue weighted by Gasteiger charge is 2.30. The van der Waals surface area contributed by atoms with Crippen LogP contribution in [0.15, 0.2) is 0 Å². The first-order valence-electron chi connectivity index (χ1n) is 8.73. The molecule has 0 heterocycles. The maximum absolute atomic E-state index is 9.90. The molecular weight excluding hydrogens is 300 g/mol. The van der Waals surface area contributed by atoms with Gasteiger partial charge in [0.2, 0.25) is 0 Å². The first-order valence-corrected chi connectivity index (χ1v) is 8.73. The highest BCUT2D eigenvalue weighted by molar-refractivity contribution is 4.77.